The van der Waals surface area contributed by atoms with E-state index in [1.54, 1.807) is 11.0 Å². The maximum Gasteiger partial charge on any atom is 0.132 e. The molecule has 6 nitrogen and oxygen atoms in total. The van der Waals surface area contributed by atoms with E-state index in [-0.39, 0.29) is 0 Å². The van der Waals surface area contributed by atoms with Gasteiger partial charge in [0.15, 0.2) is 0 Å². The number of aromatic nitrogens is 5. The lowest BCUT2D eigenvalue weighted by atomic mass is 9.93. The largest absolute Gasteiger partial charge is 0.321 e. The summed E-state index contributed by atoms with van der Waals surface area (Å²) in [4.78, 5) is 2.50. The highest BCUT2D eigenvalue weighted by molar-refractivity contribution is 6.30. The minimum atomic E-state index is 0.698. The molecule has 2 aromatic rings. The monoisotopic (exact) mass is 336 g/mol. The van der Waals surface area contributed by atoms with Crippen molar-refractivity contribution in [3.05, 3.63) is 28.6 Å². The minimum absolute atomic E-state index is 0.698. The first kappa shape index (κ1) is 16.5. The number of nitrogens with zero attached hydrogens (tertiary/aromatic N) is 6. The van der Waals surface area contributed by atoms with Crippen molar-refractivity contribution in [2.75, 3.05) is 13.1 Å². The summed E-state index contributed by atoms with van der Waals surface area (Å²) in [5.74, 6) is 1.79. The highest BCUT2D eigenvalue weighted by atomic mass is 35.5. The maximum atomic E-state index is 6.41. The molecule has 2 aromatic heterocycles. The maximum absolute atomic E-state index is 6.41. The molecule has 1 aliphatic heterocycles. The summed E-state index contributed by atoms with van der Waals surface area (Å²) in [6, 6.07) is 0. The Morgan fingerprint density at radius 1 is 1.26 bits per heavy atom. The molecule has 0 aromatic carbocycles. The number of hydrogen-bond acceptors (Lipinski definition) is 4. The molecule has 0 spiro atoms. The molecular formula is C16H25ClN6. The normalized spacial score (nSPS) is 17.0. The molecule has 3 rings (SSSR count). The third kappa shape index (κ3) is 3.58. The second kappa shape index (κ2) is 7.01. The molecule has 7 heteroatoms. The minimum Gasteiger partial charge on any atom is -0.321 e. The van der Waals surface area contributed by atoms with E-state index in [0.717, 1.165) is 49.1 Å². The molecule has 0 atom stereocenters. The molecule has 0 saturated carbocycles. The van der Waals surface area contributed by atoms with Crippen molar-refractivity contribution in [2.45, 2.75) is 39.2 Å². The zero-order valence-electron chi connectivity index (χ0n) is 14.2. The Bertz CT molecular complexity index is 654. The molecule has 1 saturated heterocycles. The Balaban J connectivity index is 1.56. The summed E-state index contributed by atoms with van der Waals surface area (Å²) in [7, 11) is 3.93. The van der Waals surface area contributed by atoms with Crippen molar-refractivity contribution >= 4 is 11.6 Å². The fourth-order valence-corrected chi connectivity index (χ4v) is 3.57. The number of aryl methyl sites for hydroxylation is 3. The summed E-state index contributed by atoms with van der Waals surface area (Å²) in [6.07, 6.45) is 6.14. The topological polar surface area (TPSA) is 51.8 Å². The van der Waals surface area contributed by atoms with E-state index >= 15 is 0 Å². The van der Waals surface area contributed by atoms with Crippen molar-refractivity contribution in [1.82, 2.24) is 29.4 Å². The first-order valence-electron chi connectivity index (χ1n) is 8.34. The fraction of sp³-hybridized carbons (Fsp3) is 0.688. The quantitative estimate of drug-likeness (QED) is 0.840. The van der Waals surface area contributed by atoms with Gasteiger partial charge in [-0.2, -0.15) is 5.10 Å². The van der Waals surface area contributed by atoms with Gasteiger partial charge in [-0.15, -0.1) is 10.2 Å². The Kier molecular flexibility index (Phi) is 5.02. The second-order valence-corrected chi connectivity index (χ2v) is 6.83. The molecule has 0 N–H and O–H groups in total. The number of likely N-dealkylation sites (tertiary alicyclic amines) is 1. The van der Waals surface area contributed by atoms with E-state index in [0.29, 0.717) is 5.92 Å². The smallest absolute Gasteiger partial charge is 0.132 e. The van der Waals surface area contributed by atoms with Gasteiger partial charge >= 0.3 is 0 Å². The van der Waals surface area contributed by atoms with Crippen LogP contribution in [0.4, 0.5) is 0 Å². The van der Waals surface area contributed by atoms with Gasteiger partial charge in [0.25, 0.3) is 0 Å². The molecule has 0 amide bonds. The third-order valence-electron chi connectivity index (χ3n) is 4.85. The van der Waals surface area contributed by atoms with Gasteiger partial charge in [0.2, 0.25) is 0 Å². The van der Waals surface area contributed by atoms with E-state index in [1.165, 1.54) is 18.4 Å². The lowest BCUT2D eigenvalue weighted by molar-refractivity contribution is 0.175. The van der Waals surface area contributed by atoms with Crippen molar-refractivity contribution < 1.29 is 0 Å². The second-order valence-electron chi connectivity index (χ2n) is 6.47. The van der Waals surface area contributed by atoms with Crippen LogP contribution < -0.4 is 0 Å². The van der Waals surface area contributed by atoms with E-state index in [9.17, 15) is 0 Å². The zero-order chi connectivity index (χ0) is 16.4. The van der Waals surface area contributed by atoms with Crippen LogP contribution in [0.1, 0.15) is 36.8 Å². The SMILES string of the molecule is CCc1nn(C)c(Cl)c1CN1CCC(Cc2nncn2C)CC1. The summed E-state index contributed by atoms with van der Waals surface area (Å²) in [5.41, 5.74) is 2.32. The van der Waals surface area contributed by atoms with E-state index < -0.39 is 0 Å². The van der Waals surface area contributed by atoms with Crippen molar-refractivity contribution in [2.24, 2.45) is 20.0 Å². The summed E-state index contributed by atoms with van der Waals surface area (Å²) < 4.78 is 3.81. The number of rotatable bonds is 5. The van der Waals surface area contributed by atoms with Gasteiger partial charge in [0.05, 0.1) is 5.69 Å². The predicted octanol–water partition coefficient (Wildman–Crippen LogP) is 2.22. The number of piperidine rings is 1. The lowest BCUT2D eigenvalue weighted by Crippen LogP contribution is -2.34. The van der Waals surface area contributed by atoms with Crippen LogP contribution in [-0.2, 0) is 33.5 Å². The first-order chi connectivity index (χ1) is 11.1. The summed E-state index contributed by atoms with van der Waals surface area (Å²) in [6.45, 7) is 5.26. The van der Waals surface area contributed by atoms with Crippen molar-refractivity contribution in [3.8, 4) is 0 Å². The van der Waals surface area contributed by atoms with Crippen LogP contribution in [-0.4, -0.2) is 42.5 Å². The molecule has 0 radical (unpaired) electrons. The van der Waals surface area contributed by atoms with E-state index in [1.807, 2.05) is 18.7 Å². The van der Waals surface area contributed by atoms with Gasteiger partial charge in [0.1, 0.15) is 17.3 Å². The van der Waals surface area contributed by atoms with Crippen LogP contribution in [0.15, 0.2) is 6.33 Å². The van der Waals surface area contributed by atoms with Crippen LogP contribution in [0.2, 0.25) is 5.15 Å². The van der Waals surface area contributed by atoms with Gasteiger partial charge < -0.3 is 4.57 Å². The highest BCUT2D eigenvalue weighted by Gasteiger charge is 2.23. The molecule has 126 valence electrons. The molecule has 0 aliphatic carbocycles. The molecular weight excluding hydrogens is 312 g/mol. The van der Waals surface area contributed by atoms with Crippen LogP contribution >= 0.6 is 11.6 Å². The first-order valence-corrected chi connectivity index (χ1v) is 8.71. The molecule has 0 unspecified atom stereocenters. The molecule has 23 heavy (non-hydrogen) atoms. The van der Waals surface area contributed by atoms with Gasteiger partial charge in [0, 0.05) is 32.6 Å². The zero-order valence-corrected chi connectivity index (χ0v) is 14.9. The predicted molar refractivity (Wildman–Crippen MR) is 90.3 cm³/mol. The van der Waals surface area contributed by atoms with Gasteiger partial charge in [-0.25, -0.2) is 0 Å². The Morgan fingerprint density at radius 3 is 2.61 bits per heavy atom. The lowest BCUT2D eigenvalue weighted by Gasteiger charge is -2.31. The van der Waals surface area contributed by atoms with E-state index in [2.05, 4.69) is 27.1 Å². The molecule has 3 heterocycles. The van der Waals surface area contributed by atoms with Crippen LogP contribution in [0.5, 0.6) is 0 Å². The highest BCUT2D eigenvalue weighted by Crippen LogP contribution is 2.26. The third-order valence-corrected chi connectivity index (χ3v) is 5.33. The van der Waals surface area contributed by atoms with Gasteiger partial charge in [-0.3, -0.25) is 9.58 Å². The van der Waals surface area contributed by atoms with Crippen molar-refractivity contribution in [3.63, 3.8) is 0 Å². The molecule has 0 bridgehead atoms. The average Bonchev–Trinajstić information content (AvgIpc) is 3.07. The Morgan fingerprint density at radius 2 is 2.00 bits per heavy atom. The molecule has 1 aliphatic rings. The number of hydrogen-bond donors (Lipinski definition) is 0. The number of halogens is 1. The van der Waals surface area contributed by atoms with Crippen LogP contribution in [0.3, 0.4) is 0 Å². The Labute approximate surface area is 142 Å². The average molecular weight is 337 g/mol. The van der Waals surface area contributed by atoms with Gasteiger partial charge in [-0.05, 0) is 38.3 Å². The summed E-state index contributed by atoms with van der Waals surface area (Å²) >= 11 is 6.41. The van der Waals surface area contributed by atoms with Crippen molar-refractivity contribution in [1.29, 1.82) is 0 Å². The van der Waals surface area contributed by atoms with Crippen LogP contribution in [0, 0.1) is 5.92 Å². The summed E-state index contributed by atoms with van der Waals surface area (Å²) in [5, 5.41) is 13.5. The molecule has 1 fully saturated rings. The van der Waals surface area contributed by atoms with Crippen LogP contribution in [0.25, 0.3) is 0 Å². The fourth-order valence-electron chi connectivity index (χ4n) is 3.36. The van der Waals surface area contributed by atoms with Gasteiger partial charge in [-0.1, -0.05) is 18.5 Å². The standard InChI is InChI=1S/C16H25ClN6/c1-4-14-13(16(17)22(3)20-14)10-23-7-5-12(6-8-23)9-15-19-18-11-21(15)2/h11-12H,4-10H2,1-3H3. The van der Waals surface area contributed by atoms with E-state index in [4.69, 9.17) is 11.6 Å². The Hall–Kier alpha value is -1.40.